The predicted octanol–water partition coefficient (Wildman–Crippen LogP) is 1.92. The smallest absolute Gasteiger partial charge is 0.370 e. The van der Waals surface area contributed by atoms with Crippen LogP contribution in [-0.4, -0.2) is 41.0 Å². The number of nitrogens with two attached hydrogens (primary N) is 1. The van der Waals surface area contributed by atoms with E-state index in [2.05, 4.69) is 39.5 Å². The Labute approximate surface area is 121 Å². The Morgan fingerprint density at radius 3 is 2.43 bits per heavy atom. The first-order chi connectivity index (χ1) is 9.74. The van der Waals surface area contributed by atoms with E-state index in [1.807, 2.05) is 7.05 Å². The molecule has 0 aliphatic rings. The highest BCUT2D eigenvalue weighted by molar-refractivity contribution is 5.47. The molecule has 1 aromatic rings. The van der Waals surface area contributed by atoms with Crippen LogP contribution in [0.5, 0.6) is 0 Å². The van der Waals surface area contributed by atoms with Gasteiger partial charge in [-0.25, -0.2) is 15.8 Å². The van der Waals surface area contributed by atoms with Gasteiger partial charge in [0.1, 0.15) is 11.6 Å². The molecule has 120 valence electrons. The molecule has 0 unspecified atom stereocenters. The maximum Gasteiger partial charge on any atom is 0.451 e. The van der Waals surface area contributed by atoms with Crippen molar-refractivity contribution in [3.8, 4) is 0 Å². The third-order valence-electron chi connectivity index (χ3n) is 3.00. The number of halogens is 3. The maximum atomic E-state index is 12.6. The molecule has 4 N–H and O–H groups in total. The average Bonchev–Trinajstić information content (AvgIpc) is 2.41. The molecule has 0 radical (unpaired) electrons. The molecular weight excluding hydrogens is 285 g/mol. The first kappa shape index (κ1) is 17.4. The molecule has 0 saturated carbocycles. The highest BCUT2D eigenvalue weighted by Gasteiger charge is 2.35. The molecule has 0 aliphatic carbocycles. The van der Waals surface area contributed by atoms with Gasteiger partial charge in [0.15, 0.2) is 0 Å². The molecule has 0 bridgehead atoms. The summed E-state index contributed by atoms with van der Waals surface area (Å²) in [4.78, 5) is 8.88. The molecule has 0 fully saturated rings. The third-order valence-corrected chi connectivity index (χ3v) is 3.00. The van der Waals surface area contributed by atoms with E-state index in [0.29, 0.717) is 12.6 Å². The zero-order chi connectivity index (χ0) is 16.0. The van der Waals surface area contributed by atoms with Crippen LogP contribution in [0.3, 0.4) is 0 Å². The number of nitrogens with zero attached hydrogens (tertiary/aromatic N) is 3. The van der Waals surface area contributed by atoms with Crippen LogP contribution in [0.4, 0.5) is 24.8 Å². The Hall–Kier alpha value is -1.61. The normalized spacial score (nSPS) is 12.0. The quantitative estimate of drug-likeness (QED) is 0.406. The monoisotopic (exact) mass is 306 g/mol. The lowest BCUT2D eigenvalue weighted by atomic mass is 10.3. The van der Waals surface area contributed by atoms with Gasteiger partial charge in [-0.1, -0.05) is 0 Å². The van der Waals surface area contributed by atoms with Crippen LogP contribution in [0, 0.1) is 0 Å². The summed E-state index contributed by atoms with van der Waals surface area (Å²) >= 11 is 0. The topological polar surface area (TPSA) is 79.1 Å². The summed E-state index contributed by atoms with van der Waals surface area (Å²) in [5, 5.41) is 2.85. The van der Waals surface area contributed by atoms with E-state index in [-0.39, 0.29) is 11.6 Å². The number of alkyl halides is 3. The van der Waals surface area contributed by atoms with Crippen molar-refractivity contribution in [2.45, 2.75) is 32.5 Å². The van der Waals surface area contributed by atoms with E-state index in [9.17, 15) is 13.2 Å². The van der Waals surface area contributed by atoms with Gasteiger partial charge >= 0.3 is 6.18 Å². The van der Waals surface area contributed by atoms with Crippen molar-refractivity contribution in [3.05, 3.63) is 11.9 Å². The van der Waals surface area contributed by atoms with Crippen LogP contribution in [0.1, 0.15) is 26.1 Å². The van der Waals surface area contributed by atoms with E-state index < -0.39 is 12.0 Å². The molecule has 1 heterocycles. The maximum absolute atomic E-state index is 12.6. The van der Waals surface area contributed by atoms with Crippen LogP contribution < -0.4 is 16.6 Å². The molecule has 1 aromatic heterocycles. The van der Waals surface area contributed by atoms with Crippen molar-refractivity contribution in [1.82, 2.24) is 14.9 Å². The summed E-state index contributed by atoms with van der Waals surface area (Å²) in [5.41, 5.74) is 2.10. The molecule has 0 aliphatic heterocycles. The molecule has 21 heavy (non-hydrogen) atoms. The lowest BCUT2D eigenvalue weighted by Gasteiger charge is -2.20. The molecule has 6 nitrogen and oxygen atoms in total. The van der Waals surface area contributed by atoms with E-state index in [1.54, 1.807) is 0 Å². The molecule has 0 amide bonds. The highest BCUT2D eigenvalue weighted by atomic mass is 19.4. The van der Waals surface area contributed by atoms with Crippen molar-refractivity contribution < 1.29 is 13.2 Å². The Balaban J connectivity index is 2.62. The third kappa shape index (κ3) is 5.72. The molecule has 9 heteroatoms. The van der Waals surface area contributed by atoms with Crippen molar-refractivity contribution in [2.75, 3.05) is 30.9 Å². The number of hydrogen-bond donors (Lipinski definition) is 3. The average molecular weight is 306 g/mol. The van der Waals surface area contributed by atoms with Crippen LogP contribution >= 0.6 is 0 Å². The number of hydrazine groups is 1. The van der Waals surface area contributed by atoms with Gasteiger partial charge in [0.2, 0.25) is 5.82 Å². The van der Waals surface area contributed by atoms with Gasteiger partial charge in [-0.2, -0.15) is 13.2 Å². The molecule has 0 spiro atoms. The number of hydrogen-bond acceptors (Lipinski definition) is 6. The first-order valence-electron chi connectivity index (χ1n) is 6.61. The van der Waals surface area contributed by atoms with Crippen molar-refractivity contribution >= 4 is 11.6 Å². The highest BCUT2D eigenvalue weighted by Crippen LogP contribution is 2.28. The molecule has 1 rings (SSSR count). The van der Waals surface area contributed by atoms with Gasteiger partial charge in [0.05, 0.1) is 0 Å². The van der Waals surface area contributed by atoms with E-state index in [1.165, 1.54) is 6.07 Å². The van der Waals surface area contributed by atoms with Crippen molar-refractivity contribution in [1.29, 1.82) is 0 Å². The van der Waals surface area contributed by atoms with Crippen LogP contribution in [0.25, 0.3) is 0 Å². The fourth-order valence-corrected chi connectivity index (χ4v) is 1.54. The lowest BCUT2D eigenvalue weighted by molar-refractivity contribution is -0.144. The number of aromatic nitrogens is 2. The summed E-state index contributed by atoms with van der Waals surface area (Å²) in [6.45, 7) is 5.50. The van der Waals surface area contributed by atoms with E-state index in [0.717, 1.165) is 13.0 Å². The fourth-order valence-electron chi connectivity index (χ4n) is 1.54. The van der Waals surface area contributed by atoms with Gasteiger partial charge in [0, 0.05) is 18.7 Å². The number of anilines is 2. The van der Waals surface area contributed by atoms with Crippen molar-refractivity contribution in [3.63, 3.8) is 0 Å². The van der Waals surface area contributed by atoms with Gasteiger partial charge in [-0.3, -0.25) is 0 Å². The standard InChI is InChI=1S/C12H21F3N6/c1-8(2)21(3)6-4-5-17-9-7-10(20-16)19-11(18-9)12(13,14)15/h7-8H,4-6,16H2,1-3H3,(H2,17,18,19,20). The number of rotatable bonds is 7. The molecule has 0 atom stereocenters. The van der Waals surface area contributed by atoms with Gasteiger partial charge in [-0.15, -0.1) is 0 Å². The Morgan fingerprint density at radius 1 is 1.29 bits per heavy atom. The van der Waals surface area contributed by atoms with E-state index >= 15 is 0 Å². The molecular formula is C12H21F3N6. The Kier molecular flexibility index (Phi) is 6.16. The second kappa shape index (κ2) is 7.41. The second-order valence-electron chi connectivity index (χ2n) is 4.96. The summed E-state index contributed by atoms with van der Waals surface area (Å²) in [7, 11) is 1.99. The zero-order valence-electron chi connectivity index (χ0n) is 12.3. The summed E-state index contributed by atoms with van der Waals surface area (Å²) in [6, 6.07) is 1.76. The largest absolute Gasteiger partial charge is 0.451 e. The van der Waals surface area contributed by atoms with Gasteiger partial charge < -0.3 is 15.6 Å². The minimum atomic E-state index is -4.61. The minimum Gasteiger partial charge on any atom is -0.370 e. The van der Waals surface area contributed by atoms with Gasteiger partial charge in [0.25, 0.3) is 0 Å². The fraction of sp³-hybridized carbons (Fsp3) is 0.667. The first-order valence-corrected chi connectivity index (χ1v) is 6.61. The van der Waals surface area contributed by atoms with E-state index in [4.69, 9.17) is 5.84 Å². The summed E-state index contributed by atoms with van der Waals surface area (Å²) in [5.74, 6) is 3.90. The SMILES string of the molecule is CC(C)N(C)CCCNc1cc(NN)nc(C(F)(F)F)n1. The zero-order valence-corrected chi connectivity index (χ0v) is 12.3. The molecule has 0 aromatic carbocycles. The van der Waals surface area contributed by atoms with Crippen LogP contribution in [0.2, 0.25) is 0 Å². The Bertz CT molecular complexity index is 449. The number of nitrogen functional groups attached to an aromatic ring is 1. The second-order valence-corrected chi connectivity index (χ2v) is 4.96. The molecule has 0 saturated heterocycles. The van der Waals surface area contributed by atoms with Crippen molar-refractivity contribution in [2.24, 2.45) is 5.84 Å². The summed E-state index contributed by atoms with van der Waals surface area (Å²) in [6.07, 6.45) is -3.83. The van der Waals surface area contributed by atoms with Gasteiger partial charge in [-0.05, 0) is 33.9 Å². The minimum absolute atomic E-state index is 0.0841. The summed E-state index contributed by atoms with van der Waals surface area (Å²) < 4.78 is 37.9. The van der Waals surface area contributed by atoms with Crippen LogP contribution in [0.15, 0.2) is 6.07 Å². The Morgan fingerprint density at radius 2 is 1.90 bits per heavy atom. The van der Waals surface area contributed by atoms with Crippen LogP contribution in [-0.2, 0) is 6.18 Å². The predicted molar refractivity (Wildman–Crippen MR) is 75.7 cm³/mol. The lowest BCUT2D eigenvalue weighted by Crippen LogP contribution is -2.28. The number of nitrogens with one attached hydrogen (secondary N) is 2.